The number of thiazole rings is 1. The van der Waals surface area contributed by atoms with Crippen molar-refractivity contribution in [3.8, 4) is 17.3 Å². The first-order valence-corrected chi connectivity index (χ1v) is 11.2. The Balaban J connectivity index is 1.54. The summed E-state index contributed by atoms with van der Waals surface area (Å²) >= 11 is 1.43. The topological polar surface area (TPSA) is 81.5 Å². The van der Waals surface area contributed by atoms with Crippen molar-refractivity contribution in [2.75, 3.05) is 57.8 Å². The highest BCUT2D eigenvalue weighted by atomic mass is 32.1. The van der Waals surface area contributed by atoms with Crippen LogP contribution in [0.4, 0.5) is 5.13 Å². The van der Waals surface area contributed by atoms with Gasteiger partial charge in [0.2, 0.25) is 5.91 Å². The molecular formula is C22H29N5O2S. The fraction of sp³-hybridized carbons (Fsp3) is 0.500. The molecule has 1 amide bonds. The Kier molecular flexibility index (Phi) is 8.34. The Hall–Kier alpha value is -2.31. The van der Waals surface area contributed by atoms with E-state index in [1.54, 1.807) is 0 Å². The number of nitrogens with zero attached hydrogens (tertiary/aromatic N) is 4. The van der Waals surface area contributed by atoms with Crippen LogP contribution in [-0.2, 0) is 9.53 Å². The number of nitrogens with one attached hydrogen (secondary N) is 1. The van der Waals surface area contributed by atoms with Crippen LogP contribution in [0, 0.1) is 25.2 Å². The number of carbonyl (C=O) groups excluding carboxylic acids is 1. The first kappa shape index (κ1) is 22.4. The molecule has 30 heavy (non-hydrogen) atoms. The van der Waals surface area contributed by atoms with E-state index in [1.807, 2.05) is 10.3 Å². The Morgan fingerprint density at radius 1 is 1.30 bits per heavy atom. The fourth-order valence-corrected chi connectivity index (χ4v) is 4.05. The highest BCUT2D eigenvalue weighted by Crippen LogP contribution is 2.26. The molecule has 2 aromatic rings. The number of hydrogen-bond acceptors (Lipinski definition) is 7. The van der Waals surface area contributed by atoms with Gasteiger partial charge in [0, 0.05) is 50.1 Å². The number of rotatable bonds is 9. The SMILES string of the molecule is Cc1ccc(-c2csc(NC(=O)CN(CCC#N)CCN3CCOCC3)n2)cc1C. The minimum absolute atomic E-state index is 0.101. The van der Waals surface area contributed by atoms with Gasteiger partial charge in [0.05, 0.1) is 31.5 Å². The summed E-state index contributed by atoms with van der Waals surface area (Å²) in [5, 5.41) is 14.4. The first-order valence-electron chi connectivity index (χ1n) is 10.3. The van der Waals surface area contributed by atoms with E-state index >= 15 is 0 Å². The lowest BCUT2D eigenvalue weighted by atomic mass is 10.1. The van der Waals surface area contributed by atoms with Gasteiger partial charge in [-0.1, -0.05) is 12.1 Å². The Morgan fingerprint density at radius 2 is 2.10 bits per heavy atom. The van der Waals surface area contributed by atoms with Crippen LogP contribution in [0.5, 0.6) is 0 Å². The van der Waals surface area contributed by atoms with Gasteiger partial charge in [-0.05, 0) is 31.0 Å². The minimum Gasteiger partial charge on any atom is -0.379 e. The maximum Gasteiger partial charge on any atom is 0.240 e. The van der Waals surface area contributed by atoms with Crippen molar-refractivity contribution >= 4 is 22.4 Å². The van der Waals surface area contributed by atoms with E-state index in [9.17, 15) is 4.79 Å². The molecule has 7 nitrogen and oxygen atoms in total. The van der Waals surface area contributed by atoms with E-state index in [0.29, 0.717) is 18.1 Å². The molecule has 0 atom stereocenters. The highest BCUT2D eigenvalue weighted by molar-refractivity contribution is 7.14. The zero-order valence-corrected chi connectivity index (χ0v) is 18.5. The van der Waals surface area contributed by atoms with Crippen molar-refractivity contribution in [2.24, 2.45) is 0 Å². The molecule has 0 spiro atoms. The molecule has 0 bridgehead atoms. The maximum absolute atomic E-state index is 12.6. The minimum atomic E-state index is -0.101. The molecule has 1 aliphatic heterocycles. The Labute approximate surface area is 182 Å². The number of morpholine rings is 1. The number of carbonyl (C=O) groups is 1. The van der Waals surface area contributed by atoms with E-state index in [-0.39, 0.29) is 12.5 Å². The van der Waals surface area contributed by atoms with Gasteiger partial charge in [0.1, 0.15) is 0 Å². The first-order chi connectivity index (χ1) is 14.5. The van der Waals surface area contributed by atoms with E-state index in [1.165, 1.54) is 22.5 Å². The number of ether oxygens (including phenoxy) is 1. The maximum atomic E-state index is 12.6. The average molecular weight is 428 g/mol. The fourth-order valence-electron chi connectivity index (χ4n) is 3.31. The molecule has 0 unspecified atom stereocenters. The summed E-state index contributed by atoms with van der Waals surface area (Å²) in [6.07, 6.45) is 0.407. The summed E-state index contributed by atoms with van der Waals surface area (Å²) in [7, 11) is 0. The van der Waals surface area contributed by atoms with Gasteiger partial charge >= 0.3 is 0 Å². The number of hydrogen-bond donors (Lipinski definition) is 1. The molecule has 0 saturated carbocycles. The molecule has 160 valence electrons. The van der Waals surface area contributed by atoms with Crippen LogP contribution in [0.3, 0.4) is 0 Å². The lowest BCUT2D eigenvalue weighted by Crippen LogP contribution is -2.43. The molecule has 8 heteroatoms. The monoisotopic (exact) mass is 427 g/mol. The van der Waals surface area contributed by atoms with Gasteiger partial charge in [0.25, 0.3) is 0 Å². The molecule has 0 aliphatic carbocycles. The summed E-state index contributed by atoms with van der Waals surface area (Å²) in [5.41, 5.74) is 4.39. The third-order valence-corrected chi connectivity index (χ3v) is 6.05. The molecule has 2 heterocycles. The third kappa shape index (κ3) is 6.61. The summed E-state index contributed by atoms with van der Waals surface area (Å²) < 4.78 is 5.38. The second-order valence-electron chi connectivity index (χ2n) is 7.52. The Morgan fingerprint density at radius 3 is 2.83 bits per heavy atom. The van der Waals surface area contributed by atoms with Crippen molar-refractivity contribution in [3.63, 3.8) is 0 Å². The van der Waals surface area contributed by atoms with Gasteiger partial charge in [-0.25, -0.2) is 4.98 Å². The number of anilines is 1. The van der Waals surface area contributed by atoms with Crippen molar-refractivity contribution in [3.05, 3.63) is 34.7 Å². The zero-order chi connectivity index (χ0) is 21.3. The van der Waals surface area contributed by atoms with Crippen LogP contribution >= 0.6 is 11.3 Å². The van der Waals surface area contributed by atoms with Crippen LogP contribution in [0.25, 0.3) is 11.3 Å². The van der Waals surface area contributed by atoms with Crippen LogP contribution in [0.2, 0.25) is 0 Å². The molecule has 3 rings (SSSR count). The lowest BCUT2D eigenvalue weighted by molar-refractivity contribution is -0.117. The molecular weight excluding hydrogens is 398 g/mol. The summed E-state index contributed by atoms with van der Waals surface area (Å²) in [6, 6.07) is 8.43. The van der Waals surface area contributed by atoms with Gasteiger partial charge in [0.15, 0.2) is 5.13 Å². The standard InChI is InChI=1S/C22H29N5O2S/c1-17-4-5-19(14-18(17)2)20-16-30-22(24-20)25-21(28)15-27(7-3-6-23)9-8-26-10-12-29-13-11-26/h4-5,14,16H,3,7-13,15H2,1-2H3,(H,24,25,28). The number of aryl methyl sites for hydroxylation is 2. The number of amides is 1. The van der Waals surface area contributed by atoms with Crippen molar-refractivity contribution in [2.45, 2.75) is 20.3 Å². The molecule has 1 aromatic heterocycles. The van der Waals surface area contributed by atoms with Crippen molar-refractivity contribution in [1.82, 2.24) is 14.8 Å². The molecule has 1 aromatic carbocycles. The average Bonchev–Trinajstić information content (AvgIpc) is 3.21. The van der Waals surface area contributed by atoms with E-state index in [4.69, 9.17) is 10.00 Å². The normalized spacial score (nSPS) is 14.6. The van der Waals surface area contributed by atoms with E-state index < -0.39 is 0 Å². The molecule has 1 N–H and O–H groups in total. The second-order valence-corrected chi connectivity index (χ2v) is 8.38. The van der Waals surface area contributed by atoms with Crippen LogP contribution in [0.15, 0.2) is 23.6 Å². The number of nitriles is 1. The quantitative estimate of drug-likeness (QED) is 0.663. The zero-order valence-electron chi connectivity index (χ0n) is 17.7. The van der Waals surface area contributed by atoms with Gasteiger partial charge in [-0.2, -0.15) is 5.26 Å². The van der Waals surface area contributed by atoms with E-state index in [2.05, 4.69) is 53.3 Å². The Bertz CT molecular complexity index is 886. The van der Waals surface area contributed by atoms with Crippen LogP contribution < -0.4 is 5.32 Å². The largest absolute Gasteiger partial charge is 0.379 e. The van der Waals surface area contributed by atoms with Crippen molar-refractivity contribution in [1.29, 1.82) is 5.26 Å². The van der Waals surface area contributed by atoms with E-state index in [0.717, 1.165) is 50.7 Å². The molecule has 1 saturated heterocycles. The molecule has 1 fully saturated rings. The van der Waals surface area contributed by atoms with Gasteiger partial charge < -0.3 is 10.1 Å². The molecule has 0 radical (unpaired) electrons. The summed E-state index contributed by atoms with van der Waals surface area (Å²) in [6.45, 7) is 9.97. The smallest absolute Gasteiger partial charge is 0.240 e. The lowest BCUT2D eigenvalue weighted by Gasteiger charge is -2.29. The highest BCUT2D eigenvalue weighted by Gasteiger charge is 2.16. The summed E-state index contributed by atoms with van der Waals surface area (Å²) in [5.74, 6) is -0.101. The number of benzene rings is 1. The van der Waals surface area contributed by atoms with Crippen LogP contribution in [0.1, 0.15) is 17.5 Å². The number of aromatic nitrogens is 1. The second kappa shape index (κ2) is 11.2. The van der Waals surface area contributed by atoms with Crippen LogP contribution in [-0.4, -0.2) is 73.2 Å². The third-order valence-electron chi connectivity index (χ3n) is 5.30. The van der Waals surface area contributed by atoms with Crippen molar-refractivity contribution < 1.29 is 9.53 Å². The van der Waals surface area contributed by atoms with Gasteiger partial charge in [-0.15, -0.1) is 11.3 Å². The van der Waals surface area contributed by atoms with Gasteiger partial charge in [-0.3, -0.25) is 14.6 Å². The predicted octanol–water partition coefficient (Wildman–Crippen LogP) is 2.91. The predicted molar refractivity (Wildman–Crippen MR) is 120 cm³/mol. The molecule has 1 aliphatic rings. The summed E-state index contributed by atoms with van der Waals surface area (Å²) in [4.78, 5) is 21.5.